The van der Waals surface area contributed by atoms with E-state index in [1.54, 1.807) is 6.20 Å². The zero-order chi connectivity index (χ0) is 16.1. The Morgan fingerprint density at radius 3 is 2.76 bits per heavy atom. The van der Waals surface area contributed by atoms with Crippen LogP contribution in [-0.4, -0.2) is 23.5 Å². The molecule has 1 fully saturated rings. The number of pyridine rings is 1. The van der Waals surface area contributed by atoms with Crippen LogP contribution < -0.4 is 10.6 Å². The molecular weight excluding hydrogens is 381 g/mol. The molecule has 2 atom stereocenters. The summed E-state index contributed by atoms with van der Waals surface area (Å²) in [6, 6.07) is 13.2. The van der Waals surface area contributed by atoms with Gasteiger partial charge in [0.15, 0.2) is 0 Å². The topological polar surface area (TPSA) is 54.0 Å². The van der Waals surface area contributed by atoms with Crippen molar-refractivity contribution in [2.24, 2.45) is 0 Å². The molecule has 0 saturated carbocycles. The molecule has 3 rings (SSSR count). The molecule has 1 aromatic carbocycles. The minimum absolute atomic E-state index is 0. The molecule has 25 heavy (non-hydrogen) atoms. The number of amides is 1. The van der Waals surface area contributed by atoms with E-state index in [1.807, 2.05) is 42.5 Å². The highest BCUT2D eigenvalue weighted by molar-refractivity contribution is 6.30. The van der Waals surface area contributed by atoms with Crippen molar-refractivity contribution in [3.63, 3.8) is 0 Å². The predicted molar refractivity (Wildman–Crippen MR) is 106 cm³/mol. The van der Waals surface area contributed by atoms with E-state index in [2.05, 4.69) is 15.6 Å². The van der Waals surface area contributed by atoms with Crippen LogP contribution in [0.4, 0.5) is 0 Å². The van der Waals surface area contributed by atoms with E-state index >= 15 is 0 Å². The van der Waals surface area contributed by atoms with Gasteiger partial charge in [-0.15, -0.1) is 24.8 Å². The summed E-state index contributed by atoms with van der Waals surface area (Å²) in [6.07, 6.45) is 4.41. The van der Waals surface area contributed by atoms with E-state index in [0.717, 1.165) is 30.6 Å². The van der Waals surface area contributed by atoms with E-state index in [1.165, 1.54) is 0 Å². The van der Waals surface area contributed by atoms with Gasteiger partial charge in [0.2, 0.25) is 5.91 Å². The molecule has 1 aliphatic rings. The third-order valence-electron chi connectivity index (χ3n) is 4.07. The van der Waals surface area contributed by atoms with Gasteiger partial charge in [-0.05, 0) is 49.2 Å². The Balaban J connectivity index is 0.00000156. The molecule has 1 aliphatic heterocycles. The predicted octanol–water partition coefficient (Wildman–Crippen LogP) is 3.93. The largest absolute Gasteiger partial charge is 0.344 e. The highest BCUT2D eigenvalue weighted by atomic mass is 35.5. The number of nitrogens with zero attached hydrogens (tertiary/aromatic N) is 1. The number of aromatic nitrogens is 1. The Morgan fingerprint density at radius 1 is 1.28 bits per heavy atom. The van der Waals surface area contributed by atoms with Crippen molar-refractivity contribution < 1.29 is 4.79 Å². The number of halogens is 3. The molecule has 1 amide bonds. The van der Waals surface area contributed by atoms with Crippen LogP contribution in [0.3, 0.4) is 0 Å². The summed E-state index contributed by atoms with van der Waals surface area (Å²) in [6.45, 7) is 0.996. The van der Waals surface area contributed by atoms with Crippen molar-refractivity contribution in [3.8, 4) is 0 Å². The first-order chi connectivity index (χ1) is 11.2. The van der Waals surface area contributed by atoms with E-state index in [9.17, 15) is 4.79 Å². The van der Waals surface area contributed by atoms with Gasteiger partial charge >= 0.3 is 0 Å². The number of carbonyl (C=O) groups is 1. The van der Waals surface area contributed by atoms with Gasteiger partial charge in [-0.3, -0.25) is 9.78 Å². The molecule has 1 aromatic heterocycles. The lowest BCUT2D eigenvalue weighted by Crippen LogP contribution is -2.35. The van der Waals surface area contributed by atoms with Crippen molar-refractivity contribution in [1.82, 2.24) is 15.6 Å². The van der Waals surface area contributed by atoms with Gasteiger partial charge in [-0.2, -0.15) is 0 Å². The summed E-state index contributed by atoms with van der Waals surface area (Å²) >= 11 is 6.11. The van der Waals surface area contributed by atoms with Crippen LogP contribution in [0.15, 0.2) is 48.7 Å². The smallest absolute Gasteiger partial charge is 0.222 e. The van der Waals surface area contributed by atoms with Crippen molar-refractivity contribution >= 4 is 42.3 Å². The van der Waals surface area contributed by atoms with Gasteiger partial charge in [0, 0.05) is 23.7 Å². The second kappa shape index (κ2) is 10.6. The number of hydrogen-bond acceptors (Lipinski definition) is 3. The molecule has 0 bridgehead atoms. The molecular formula is C18H22Cl3N3O. The Hall–Kier alpha value is -1.33. The zero-order valence-corrected chi connectivity index (χ0v) is 16.0. The van der Waals surface area contributed by atoms with Gasteiger partial charge in [0.05, 0.1) is 11.7 Å². The fourth-order valence-corrected chi connectivity index (χ4v) is 3.13. The second-order valence-electron chi connectivity index (χ2n) is 5.81. The number of rotatable bonds is 5. The minimum atomic E-state index is -0.288. The van der Waals surface area contributed by atoms with E-state index in [-0.39, 0.29) is 42.8 Å². The Labute approximate surface area is 165 Å². The fraction of sp³-hybridized carbons (Fsp3) is 0.333. The number of hydrogen-bond donors (Lipinski definition) is 2. The molecule has 4 nitrogen and oxygen atoms in total. The van der Waals surface area contributed by atoms with Crippen molar-refractivity contribution in [2.75, 3.05) is 6.54 Å². The summed E-state index contributed by atoms with van der Waals surface area (Å²) in [5, 5.41) is 7.10. The van der Waals surface area contributed by atoms with Gasteiger partial charge < -0.3 is 10.6 Å². The quantitative estimate of drug-likeness (QED) is 0.797. The van der Waals surface area contributed by atoms with Crippen LogP contribution in [0.25, 0.3) is 0 Å². The lowest BCUT2D eigenvalue weighted by atomic mass is 10.0. The van der Waals surface area contributed by atoms with Crippen LogP contribution in [0.1, 0.15) is 36.6 Å². The van der Waals surface area contributed by atoms with Crippen LogP contribution in [0.5, 0.6) is 0 Å². The number of benzene rings is 1. The zero-order valence-electron chi connectivity index (χ0n) is 13.7. The molecule has 0 spiro atoms. The number of nitrogens with one attached hydrogen (secondary N) is 2. The fourth-order valence-electron chi connectivity index (χ4n) is 2.94. The summed E-state index contributed by atoms with van der Waals surface area (Å²) < 4.78 is 0. The average Bonchev–Trinajstić information content (AvgIpc) is 3.06. The summed E-state index contributed by atoms with van der Waals surface area (Å²) in [5.74, 6) is 0.0278. The molecule has 2 N–H and O–H groups in total. The molecule has 7 heteroatoms. The minimum Gasteiger partial charge on any atom is -0.344 e. The third-order valence-corrected chi connectivity index (χ3v) is 4.30. The van der Waals surface area contributed by atoms with E-state index in [0.29, 0.717) is 11.4 Å². The molecule has 0 radical (unpaired) electrons. The third kappa shape index (κ3) is 6.15. The van der Waals surface area contributed by atoms with Crippen molar-refractivity contribution in [3.05, 3.63) is 64.9 Å². The standard InChI is InChI=1S/C18H20ClN3O.2ClH/c19-14-6-3-5-13(11-14)18(16-8-1-2-9-21-16)22-17(23)12-15-7-4-10-20-15;;/h1-3,5-6,8-9,11,15,18,20H,4,7,10,12H2,(H,22,23);2*1H. The first-order valence-electron chi connectivity index (χ1n) is 7.91. The molecule has 0 aliphatic carbocycles. The lowest BCUT2D eigenvalue weighted by Gasteiger charge is -2.20. The van der Waals surface area contributed by atoms with E-state index < -0.39 is 0 Å². The van der Waals surface area contributed by atoms with Gasteiger partial charge in [-0.1, -0.05) is 29.8 Å². The van der Waals surface area contributed by atoms with Crippen LogP contribution in [0, 0.1) is 0 Å². The summed E-state index contributed by atoms with van der Waals surface area (Å²) in [7, 11) is 0. The highest BCUT2D eigenvalue weighted by Gasteiger charge is 2.22. The first kappa shape index (κ1) is 21.7. The van der Waals surface area contributed by atoms with Crippen molar-refractivity contribution in [2.45, 2.75) is 31.3 Å². The van der Waals surface area contributed by atoms with Gasteiger partial charge in [0.25, 0.3) is 0 Å². The maximum absolute atomic E-state index is 12.4. The summed E-state index contributed by atoms with van der Waals surface area (Å²) in [5.41, 5.74) is 1.74. The molecule has 136 valence electrons. The second-order valence-corrected chi connectivity index (χ2v) is 6.24. The number of carbonyl (C=O) groups excluding carboxylic acids is 1. The monoisotopic (exact) mass is 401 g/mol. The van der Waals surface area contributed by atoms with Crippen molar-refractivity contribution in [1.29, 1.82) is 0 Å². The Morgan fingerprint density at radius 2 is 2.12 bits per heavy atom. The molecule has 2 aromatic rings. The Kier molecular flexibility index (Phi) is 9.22. The SMILES string of the molecule is Cl.Cl.O=C(CC1CCCN1)NC(c1cccc(Cl)c1)c1ccccn1. The lowest BCUT2D eigenvalue weighted by molar-refractivity contribution is -0.122. The first-order valence-corrected chi connectivity index (χ1v) is 8.29. The van der Waals surface area contributed by atoms with Gasteiger partial charge in [-0.25, -0.2) is 0 Å². The molecule has 2 unspecified atom stereocenters. The highest BCUT2D eigenvalue weighted by Crippen LogP contribution is 2.23. The maximum Gasteiger partial charge on any atom is 0.222 e. The Bertz CT molecular complexity index is 664. The van der Waals surface area contributed by atoms with Crippen LogP contribution >= 0.6 is 36.4 Å². The van der Waals surface area contributed by atoms with Crippen LogP contribution in [0.2, 0.25) is 5.02 Å². The summed E-state index contributed by atoms with van der Waals surface area (Å²) in [4.78, 5) is 16.8. The average molecular weight is 403 g/mol. The molecule has 1 saturated heterocycles. The van der Waals surface area contributed by atoms with E-state index in [4.69, 9.17) is 11.6 Å². The molecule has 2 heterocycles. The van der Waals surface area contributed by atoms with Crippen LogP contribution in [-0.2, 0) is 4.79 Å². The maximum atomic E-state index is 12.4. The van der Waals surface area contributed by atoms with Gasteiger partial charge in [0.1, 0.15) is 0 Å². The normalized spacial score (nSPS) is 17.1.